The van der Waals surface area contributed by atoms with Gasteiger partial charge in [-0.3, -0.25) is 0 Å². The fraction of sp³-hybridized carbons (Fsp3) is 0.667. The van der Waals surface area contributed by atoms with Gasteiger partial charge in [0.15, 0.2) is 5.69 Å². The first-order valence-corrected chi connectivity index (χ1v) is 7.85. The molecule has 1 fully saturated rings. The number of hydrogen-bond acceptors (Lipinski definition) is 6. The number of aromatic nitrogens is 3. The Morgan fingerprint density at radius 2 is 1.92 bits per heavy atom. The van der Waals surface area contributed by atoms with Crippen LogP contribution in [0.1, 0.15) is 52.0 Å². The van der Waals surface area contributed by atoms with Crippen LogP contribution in [0.3, 0.4) is 0 Å². The van der Waals surface area contributed by atoms with E-state index in [-0.39, 0.29) is 18.8 Å². The van der Waals surface area contributed by atoms with Crippen LogP contribution in [-0.2, 0) is 20.6 Å². The first-order chi connectivity index (χ1) is 11.1. The van der Waals surface area contributed by atoms with Gasteiger partial charge in [0.1, 0.15) is 5.73 Å². The maximum Gasteiger partial charge on any atom is 0.525 e. The number of hydrogen-bond donors (Lipinski definition) is 0. The normalized spacial score (nSPS) is 20.0. The standard InChI is InChI=1S/C15H23BFN3O4/c1-7-22-13(21)11-9-20(19-18-11)8-10(2)12(17)16-23-14(3,4)15(5,6)24-16/h9H,7-8H2,1-6H3. The van der Waals surface area contributed by atoms with Crippen LogP contribution in [0.25, 0.3) is 0 Å². The smallest absolute Gasteiger partial charge is 0.461 e. The van der Waals surface area contributed by atoms with Gasteiger partial charge in [-0.15, -0.1) is 5.10 Å². The van der Waals surface area contributed by atoms with Gasteiger partial charge in [0.05, 0.1) is 30.6 Å². The third-order valence-corrected chi connectivity index (χ3v) is 4.29. The van der Waals surface area contributed by atoms with Crippen molar-refractivity contribution < 1.29 is 23.2 Å². The molecule has 1 aliphatic heterocycles. The number of allylic oxidation sites excluding steroid dienone is 1. The second-order valence-electron chi connectivity index (χ2n) is 6.74. The summed E-state index contributed by atoms with van der Waals surface area (Å²) in [6, 6.07) is 0. The first kappa shape index (κ1) is 18.6. The lowest BCUT2D eigenvalue weighted by molar-refractivity contribution is 0.00578. The Morgan fingerprint density at radius 1 is 1.33 bits per heavy atom. The van der Waals surface area contributed by atoms with Crippen molar-refractivity contribution in [3.8, 4) is 0 Å². The molecule has 1 aromatic heterocycles. The predicted molar refractivity (Wildman–Crippen MR) is 85.9 cm³/mol. The van der Waals surface area contributed by atoms with Gasteiger partial charge in [-0.1, -0.05) is 5.21 Å². The molecule has 1 aromatic rings. The highest BCUT2D eigenvalue weighted by molar-refractivity contribution is 6.53. The van der Waals surface area contributed by atoms with Crippen LogP contribution in [0.15, 0.2) is 17.5 Å². The van der Waals surface area contributed by atoms with Crippen molar-refractivity contribution in [1.82, 2.24) is 15.0 Å². The van der Waals surface area contributed by atoms with Crippen molar-refractivity contribution in [3.05, 3.63) is 23.2 Å². The Hall–Kier alpha value is -1.74. The van der Waals surface area contributed by atoms with E-state index in [1.807, 2.05) is 27.7 Å². The second kappa shape index (κ2) is 6.64. The quantitative estimate of drug-likeness (QED) is 0.605. The van der Waals surface area contributed by atoms with Crippen LogP contribution < -0.4 is 0 Å². The minimum atomic E-state index is -1.05. The predicted octanol–water partition coefficient (Wildman–Crippen LogP) is 2.33. The maximum absolute atomic E-state index is 14.6. The van der Waals surface area contributed by atoms with E-state index in [2.05, 4.69) is 10.3 Å². The van der Waals surface area contributed by atoms with Crippen molar-refractivity contribution in [3.63, 3.8) is 0 Å². The zero-order valence-corrected chi connectivity index (χ0v) is 14.9. The summed E-state index contributed by atoms with van der Waals surface area (Å²) in [5.41, 5.74) is -1.25. The summed E-state index contributed by atoms with van der Waals surface area (Å²) in [6.45, 7) is 11.1. The average Bonchev–Trinajstić information content (AvgIpc) is 3.01. The van der Waals surface area contributed by atoms with Gasteiger partial charge in [-0.25, -0.2) is 13.9 Å². The number of carbonyl (C=O) groups excluding carboxylic acids is 1. The highest BCUT2D eigenvalue weighted by atomic mass is 19.1. The van der Waals surface area contributed by atoms with Gasteiger partial charge in [0, 0.05) is 0 Å². The average molecular weight is 339 g/mol. The van der Waals surface area contributed by atoms with E-state index in [9.17, 15) is 9.18 Å². The number of carbonyl (C=O) groups is 1. The molecule has 9 heteroatoms. The van der Waals surface area contributed by atoms with Gasteiger partial charge >= 0.3 is 13.1 Å². The number of rotatable bonds is 5. The molecule has 132 valence electrons. The Morgan fingerprint density at radius 3 is 2.46 bits per heavy atom. The summed E-state index contributed by atoms with van der Waals surface area (Å²) >= 11 is 0. The molecule has 0 aromatic carbocycles. The molecule has 7 nitrogen and oxygen atoms in total. The van der Waals surface area contributed by atoms with E-state index < -0.39 is 30.0 Å². The summed E-state index contributed by atoms with van der Waals surface area (Å²) in [6.07, 6.45) is 1.42. The van der Waals surface area contributed by atoms with Crippen LogP contribution in [0, 0.1) is 0 Å². The molecule has 0 N–H and O–H groups in total. The van der Waals surface area contributed by atoms with Crippen molar-refractivity contribution in [1.29, 1.82) is 0 Å². The van der Waals surface area contributed by atoms with E-state index >= 15 is 0 Å². The molecule has 2 heterocycles. The number of esters is 1. The molecule has 0 saturated carbocycles. The van der Waals surface area contributed by atoms with Crippen LogP contribution in [0.4, 0.5) is 4.39 Å². The molecular formula is C15H23BFN3O4. The van der Waals surface area contributed by atoms with E-state index in [1.165, 1.54) is 10.9 Å². The summed E-state index contributed by atoms with van der Waals surface area (Å²) in [7, 11) is -1.05. The van der Waals surface area contributed by atoms with Crippen molar-refractivity contribution in [2.45, 2.75) is 59.3 Å². The number of nitrogens with zero attached hydrogens (tertiary/aromatic N) is 3. The van der Waals surface area contributed by atoms with E-state index in [4.69, 9.17) is 14.0 Å². The Balaban J connectivity index is 2.10. The molecule has 0 radical (unpaired) electrons. The van der Waals surface area contributed by atoms with E-state index in [0.29, 0.717) is 5.57 Å². The Kier molecular flexibility index (Phi) is 5.15. The third-order valence-electron chi connectivity index (χ3n) is 4.29. The summed E-state index contributed by atoms with van der Waals surface area (Å²) in [5, 5.41) is 7.53. The lowest BCUT2D eigenvalue weighted by atomic mass is 9.85. The van der Waals surface area contributed by atoms with Crippen molar-refractivity contribution in [2.24, 2.45) is 0 Å². The van der Waals surface area contributed by atoms with Gasteiger partial charge in [-0.05, 0) is 47.1 Å². The SMILES string of the molecule is CCOC(=O)c1cn(CC(C)=C(F)B2OC(C)(C)C(C)(C)O2)nn1. The largest absolute Gasteiger partial charge is 0.525 e. The summed E-state index contributed by atoms with van der Waals surface area (Å²) in [4.78, 5) is 11.6. The number of ether oxygens (including phenoxy) is 1. The fourth-order valence-electron chi connectivity index (χ4n) is 2.14. The van der Waals surface area contributed by atoms with Gasteiger partial charge in [0.25, 0.3) is 0 Å². The fourth-order valence-corrected chi connectivity index (χ4v) is 2.14. The Labute approximate surface area is 141 Å². The lowest BCUT2D eigenvalue weighted by Gasteiger charge is -2.32. The minimum Gasteiger partial charge on any atom is -0.461 e. The first-order valence-electron chi connectivity index (χ1n) is 7.85. The van der Waals surface area contributed by atoms with Crippen LogP contribution in [0.5, 0.6) is 0 Å². The topological polar surface area (TPSA) is 75.5 Å². The van der Waals surface area contributed by atoms with Crippen LogP contribution >= 0.6 is 0 Å². The molecule has 0 amide bonds. The molecule has 0 bridgehead atoms. The molecule has 0 aliphatic carbocycles. The Bertz CT molecular complexity index is 641. The molecule has 1 saturated heterocycles. The molecule has 0 spiro atoms. The zero-order chi connectivity index (χ0) is 18.1. The van der Waals surface area contributed by atoms with Crippen LogP contribution in [0.2, 0.25) is 0 Å². The van der Waals surface area contributed by atoms with Crippen molar-refractivity contribution in [2.75, 3.05) is 6.61 Å². The van der Waals surface area contributed by atoms with Crippen molar-refractivity contribution >= 4 is 13.1 Å². The zero-order valence-electron chi connectivity index (χ0n) is 14.9. The molecule has 24 heavy (non-hydrogen) atoms. The van der Waals surface area contributed by atoms with Gasteiger partial charge in [-0.2, -0.15) is 0 Å². The third kappa shape index (κ3) is 3.67. The minimum absolute atomic E-state index is 0.0840. The summed E-state index contributed by atoms with van der Waals surface area (Å²) < 4.78 is 32.2. The lowest BCUT2D eigenvalue weighted by Crippen LogP contribution is -2.41. The maximum atomic E-state index is 14.6. The highest BCUT2D eigenvalue weighted by Crippen LogP contribution is 2.39. The molecular weight excluding hydrogens is 316 g/mol. The molecule has 2 rings (SSSR count). The molecule has 0 unspecified atom stereocenters. The van der Waals surface area contributed by atoms with Gasteiger partial charge < -0.3 is 14.0 Å². The van der Waals surface area contributed by atoms with Crippen LogP contribution in [-0.4, -0.2) is 45.9 Å². The summed E-state index contributed by atoms with van der Waals surface area (Å²) in [5.74, 6) is -0.559. The number of halogens is 1. The van der Waals surface area contributed by atoms with E-state index in [1.54, 1.807) is 13.8 Å². The van der Waals surface area contributed by atoms with E-state index in [0.717, 1.165) is 0 Å². The highest BCUT2D eigenvalue weighted by Gasteiger charge is 2.53. The monoisotopic (exact) mass is 339 g/mol. The molecule has 1 aliphatic rings. The second-order valence-corrected chi connectivity index (χ2v) is 6.74. The van der Waals surface area contributed by atoms with Gasteiger partial charge in [0.2, 0.25) is 0 Å². The molecule has 0 atom stereocenters.